The van der Waals surface area contributed by atoms with Crippen LogP contribution in [0.3, 0.4) is 0 Å². The molecule has 3 N–H and O–H groups in total. The lowest BCUT2D eigenvalue weighted by molar-refractivity contribution is -0.142. The largest absolute Gasteiger partial charge is 0.444 e. The van der Waals surface area contributed by atoms with Crippen LogP contribution >= 0.6 is 0 Å². The van der Waals surface area contributed by atoms with Crippen molar-refractivity contribution in [2.45, 2.75) is 85.0 Å². The van der Waals surface area contributed by atoms with E-state index in [4.69, 9.17) is 4.74 Å². The fourth-order valence-electron chi connectivity index (χ4n) is 4.38. The number of alkyl carbamates (subject to hydrolysis) is 1. The van der Waals surface area contributed by atoms with E-state index >= 15 is 0 Å². The van der Waals surface area contributed by atoms with Crippen molar-refractivity contribution < 1.29 is 24.2 Å². The number of benzene rings is 2. The third-order valence-corrected chi connectivity index (χ3v) is 6.56. The molecule has 2 atom stereocenters. The second-order valence-corrected chi connectivity index (χ2v) is 10.8. The van der Waals surface area contributed by atoms with E-state index < -0.39 is 36.3 Å². The first-order valence-electron chi connectivity index (χ1n) is 12.7. The Hall–Kier alpha value is -3.39. The lowest BCUT2D eigenvalue weighted by Crippen LogP contribution is -2.54. The summed E-state index contributed by atoms with van der Waals surface area (Å²) in [6, 6.07) is 9.07. The molecular formula is C29H39N3O5. The summed E-state index contributed by atoms with van der Waals surface area (Å²) in [7, 11) is 0. The molecule has 0 aromatic heterocycles. The van der Waals surface area contributed by atoms with Crippen LogP contribution in [0.5, 0.6) is 0 Å². The van der Waals surface area contributed by atoms with E-state index in [0.29, 0.717) is 11.3 Å². The number of aliphatic hydroxyl groups is 1. The second kappa shape index (κ2) is 11.3. The van der Waals surface area contributed by atoms with Crippen LogP contribution in [0.1, 0.15) is 67.5 Å². The van der Waals surface area contributed by atoms with Gasteiger partial charge in [0.25, 0.3) is 5.91 Å². The summed E-state index contributed by atoms with van der Waals surface area (Å²) >= 11 is 0. The van der Waals surface area contributed by atoms with E-state index in [-0.39, 0.29) is 11.9 Å². The maximum absolute atomic E-state index is 14.0. The number of anilines is 1. The van der Waals surface area contributed by atoms with Gasteiger partial charge in [-0.05, 0) is 89.1 Å². The molecule has 3 rings (SSSR count). The standard InChI is InChI=1S/C29H39N3O5/c1-17-10-9-13-22(20(17)4)25(26(34)31-24-18(2)11-8-12-19(24)3)32(21-14-15-21)27(35)23(16-33)30-28(36)37-29(5,6)7/h8-13,21,23,25,33H,14-16H2,1-7H3,(H,30,36)(H,31,34). The molecule has 0 bridgehead atoms. The van der Waals surface area contributed by atoms with Crippen LogP contribution < -0.4 is 10.6 Å². The van der Waals surface area contributed by atoms with Gasteiger partial charge in [0.15, 0.2) is 0 Å². The van der Waals surface area contributed by atoms with Crippen molar-refractivity contribution in [2.24, 2.45) is 0 Å². The summed E-state index contributed by atoms with van der Waals surface area (Å²) in [5.74, 6) is -0.876. The maximum atomic E-state index is 14.0. The van der Waals surface area contributed by atoms with Crippen molar-refractivity contribution in [1.29, 1.82) is 0 Å². The molecule has 0 heterocycles. The lowest BCUT2D eigenvalue weighted by Gasteiger charge is -2.35. The Morgan fingerprint density at radius 3 is 2.11 bits per heavy atom. The van der Waals surface area contributed by atoms with Crippen molar-refractivity contribution in [3.8, 4) is 0 Å². The smallest absolute Gasteiger partial charge is 0.408 e. The van der Waals surface area contributed by atoms with Gasteiger partial charge in [-0.25, -0.2) is 4.79 Å². The minimum atomic E-state index is -1.25. The van der Waals surface area contributed by atoms with Gasteiger partial charge in [0, 0.05) is 11.7 Å². The Kier molecular flexibility index (Phi) is 8.64. The Bertz CT molecular complexity index is 1150. The topological polar surface area (TPSA) is 108 Å². The molecule has 1 aliphatic carbocycles. The Balaban J connectivity index is 2.03. The maximum Gasteiger partial charge on any atom is 0.408 e. The molecule has 0 aliphatic heterocycles. The number of nitrogens with one attached hydrogen (secondary N) is 2. The molecule has 200 valence electrons. The summed E-state index contributed by atoms with van der Waals surface area (Å²) in [6.07, 6.45) is 0.654. The van der Waals surface area contributed by atoms with Gasteiger partial charge in [-0.2, -0.15) is 0 Å². The minimum absolute atomic E-state index is 0.185. The van der Waals surface area contributed by atoms with Gasteiger partial charge >= 0.3 is 6.09 Å². The summed E-state index contributed by atoms with van der Waals surface area (Å²) in [4.78, 5) is 41.8. The number of hydrogen-bond donors (Lipinski definition) is 3. The predicted molar refractivity (Wildman–Crippen MR) is 143 cm³/mol. The monoisotopic (exact) mass is 509 g/mol. The molecule has 1 saturated carbocycles. The molecule has 2 aromatic rings. The highest BCUT2D eigenvalue weighted by atomic mass is 16.6. The highest BCUT2D eigenvalue weighted by molar-refractivity contribution is 6.00. The first-order valence-corrected chi connectivity index (χ1v) is 12.7. The van der Waals surface area contributed by atoms with E-state index in [1.165, 1.54) is 4.90 Å². The van der Waals surface area contributed by atoms with Crippen LogP contribution in [0.4, 0.5) is 10.5 Å². The molecule has 0 spiro atoms. The van der Waals surface area contributed by atoms with Gasteiger partial charge in [0.1, 0.15) is 17.7 Å². The zero-order valence-electron chi connectivity index (χ0n) is 22.8. The first-order chi connectivity index (χ1) is 17.3. The van der Waals surface area contributed by atoms with Crippen molar-refractivity contribution in [1.82, 2.24) is 10.2 Å². The van der Waals surface area contributed by atoms with E-state index in [1.54, 1.807) is 20.8 Å². The van der Waals surface area contributed by atoms with E-state index in [0.717, 1.165) is 35.1 Å². The van der Waals surface area contributed by atoms with E-state index in [9.17, 15) is 19.5 Å². The number of aliphatic hydroxyl groups excluding tert-OH is 1. The van der Waals surface area contributed by atoms with Crippen molar-refractivity contribution in [3.63, 3.8) is 0 Å². The van der Waals surface area contributed by atoms with Crippen LogP contribution in [0.2, 0.25) is 0 Å². The van der Waals surface area contributed by atoms with Crippen LogP contribution in [-0.4, -0.2) is 52.2 Å². The summed E-state index contributed by atoms with van der Waals surface area (Å²) in [6.45, 7) is 12.3. The number of carbonyl (C=O) groups excluding carboxylic acids is 3. The summed E-state index contributed by atoms with van der Waals surface area (Å²) < 4.78 is 5.30. The number of para-hydroxylation sites is 1. The van der Waals surface area contributed by atoms with Crippen molar-refractivity contribution in [2.75, 3.05) is 11.9 Å². The van der Waals surface area contributed by atoms with Gasteiger partial charge in [-0.3, -0.25) is 9.59 Å². The third-order valence-electron chi connectivity index (χ3n) is 6.56. The number of rotatable bonds is 8. The second-order valence-electron chi connectivity index (χ2n) is 10.8. The molecule has 8 nitrogen and oxygen atoms in total. The molecule has 2 aromatic carbocycles. The van der Waals surface area contributed by atoms with Crippen LogP contribution in [-0.2, 0) is 14.3 Å². The van der Waals surface area contributed by atoms with Crippen molar-refractivity contribution in [3.05, 3.63) is 64.2 Å². The number of nitrogens with zero attached hydrogens (tertiary/aromatic N) is 1. The highest BCUT2D eigenvalue weighted by Crippen LogP contribution is 2.38. The molecule has 1 aliphatic rings. The quantitative estimate of drug-likeness (QED) is 0.486. The van der Waals surface area contributed by atoms with Crippen molar-refractivity contribution >= 4 is 23.6 Å². The number of aryl methyl sites for hydroxylation is 3. The molecule has 3 amide bonds. The van der Waals surface area contributed by atoms with Gasteiger partial charge in [0.2, 0.25) is 5.91 Å². The van der Waals surface area contributed by atoms with Gasteiger partial charge in [-0.15, -0.1) is 0 Å². The highest BCUT2D eigenvalue weighted by Gasteiger charge is 2.44. The summed E-state index contributed by atoms with van der Waals surface area (Å²) in [5.41, 5.74) is 4.37. The number of carbonyl (C=O) groups is 3. The molecule has 2 unspecified atom stereocenters. The third kappa shape index (κ3) is 6.89. The predicted octanol–water partition coefficient (Wildman–Crippen LogP) is 4.48. The SMILES string of the molecule is Cc1cccc(C(C(=O)Nc2c(C)cccc2C)N(C(=O)C(CO)NC(=O)OC(C)(C)C)C2CC2)c1C. The number of ether oxygens (including phenoxy) is 1. The molecule has 0 radical (unpaired) electrons. The van der Waals surface area contributed by atoms with Crippen LogP contribution in [0, 0.1) is 27.7 Å². The molecule has 1 fully saturated rings. The number of hydrogen-bond acceptors (Lipinski definition) is 5. The zero-order chi connectivity index (χ0) is 27.5. The fraction of sp³-hybridized carbons (Fsp3) is 0.483. The average Bonchev–Trinajstić information content (AvgIpc) is 3.64. The average molecular weight is 510 g/mol. The van der Waals surface area contributed by atoms with Crippen LogP contribution in [0.25, 0.3) is 0 Å². The first kappa shape index (κ1) is 28.2. The lowest BCUT2D eigenvalue weighted by atomic mass is 9.94. The normalized spacial score (nSPS) is 14.9. The Labute approximate surface area is 219 Å². The number of amides is 3. The molecule has 0 saturated heterocycles. The van der Waals surface area contributed by atoms with Gasteiger partial charge < -0.3 is 25.4 Å². The molecule has 8 heteroatoms. The Morgan fingerprint density at radius 2 is 1.57 bits per heavy atom. The van der Waals surface area contributed by atoms with E-state index in [1.807, 2.05) is 64.1 Å². The van der Waals surface area contributed by atoms with Gasteiger partial charge in [-0.1, -0.05) is 36.4 Å². The summed E-state index contributed by atoms with van der Waals surface area (Å²) in [5, 5.41) is 15.6. The van der Waals surface area contributed by atoms with Crippen LogP contribution in [0.15, 0.2) is 36.4 Å². The minimum Gasteiger partial charge on any atom is -0.444 e. The zero-order valence-corrected chi connectivity index (χ0v) is 22.8. The Morgan fingerprint density at radius 1 is 1.00 bits per heavy atom. The van der Waals surface area contributed by atoms with Gasteiger partial charge in [0.05, 0.1) is 6.61 Å². The molecule has 37 heavy (non-hydrogen) atoms. The fourth-order valence-corrected chi connectivity index (χ4v) is 4.38. The molecular weight excluding hydrogens is 470 g/mol. The van der Waals surface area contributed by atoms with E-state index in [2.05, 4.69) is 10.6 Å².